The highest BCUT2D eigenvalue weighted by atomic mass is 127. The molecule has 8 heteroatoms. The van der Waals surface area contributed by atoms with Gasteiger partial charge in [-0.05, 0) is 71.4 Å². The first-order valence-corrected chi connectivity index (χ1v) is 9.94. The summed E-state index contributed by atoms with van der Waals surface area (Å²) in [5, 5.41) is 1.03. The fourth-order valence-electron chi connectivity index (χ4n) is 2.72. The Labute approximate surface area is 169 Å². The molecule has 1 aliphatic heterocycles. The van der Waals surface area contributed by atoms with Gasteiger partial charge in [-0.25, -0.2) is 14.8 Å². The summed E-state index contributed by atoms with van der Waals surface area (Å²) in [5.41, 5.74) is 0.438. The van der Waals surface area contributed by atoms with Crippen LogP contribution in [0.3, 0.4) is 0 Å². The summed E-state index contributed by atoms with van der Waals surface area (Å²) in [7, 11) is 0. The second-order valence-electron chi connectivity index (χ2n) is 6.94. The number of piperazine rings is 1. The number of nitrogens with zero attached hydrogens (tertiary/aromatic N) is 4. The number of fused-ring (bicyclic) bond motifs is 1. The number of anilines is 1. The van der Waals surface area contributed by atoms with Crippen molar-refractivity contribution in [1.29, 1.82) is 0 Å². The predicted octanol–water partition coefficient (Wildman–Crippen LogP) is 4.05. The van der Waals surface area contributed by atoms with Gasteiger partial charge in [-0.2, -0.15) is 0 Å². The first kappa shape index (κ1) is 18.6. The van der Waals surface area contributed by atoms with Gasteiger partial charge in [0.15, 0.2) is 0 Å². The molecule has 25 heavy (non-hydrogen) atoms. The van der Waals surface area contributed by atoms with Crippen LogP contribution in [0.25, 0.3) is 10.9 Å². The van der Waals surface area contributed by atoms with Crippen LogP contribution in [0, 0.1) is 3.57 Å². The Morgan fingerprint density at radius 1 is 1.20 bits per heavy atom. The number of rotatable bonds is 1. The number of aromatic nitrogens is 2. The molecule has 1 amide bonds. The van der Waals surface area contributed by atoms with Crippen LogP contribution in [0.15, 0.2) is 22.9 Å². The van der Waals surface area contributed by atoms with E-state index in [9.17, 15) is 4.79 Å². The van der Waals surface area contributed by atoms with Crippen LogP contribution in [-0.4, -0.2) is 52.7 Å². The lowest BCUT2D eigenvalue weighted by Crippen LogP contribution is -2.50. The molecule has 0 spiro atoms. The highest BCUT2D eigenvalue weighted by Crippen LogP contribution is 2.30. The van der Waals surface area contributed by atoms with Crippen molar-refractivity contribution in [2.24, 2.45) is 0 Å². The monoisotopic (exact) mass is 518 g/mol. The molecule has 6 nitrogen and oxygen atoms in total. The molecule has 3 rings (SSSR count). The minimum absolute atomic E-state index is 0.252. The minimum atomic E-state index is -0.471. The Kier molecular flexibility index (Phi) is 5.38. The van der Waals surface area contributed by atoms with E-state index in [-0.39, 0.29) is 6.09 Å². The maximum Gasteiger partial charge on any atom is 0.410 e. The van der Waals surface area contributed by atoms with Crippen LogP contribution in [0.2, 0.25) is 0 Å². The lowest BCUT2D eigenvalue weighted by molar-refractivity contribution is 0.0240. The van der Waals surface area contributed by atoms with Gasteiger partial charge in [0.05, 0.1) is 5.52 Å². The molecular formula is C17H20BrIN4O2. The smallest absolute Gasteiger partial charge is 0.410 e. The zero-order valence-corrected chi connectivity index (χ0v) is 18.2. The van der Waals surface area contributed by atoms with Gasteiger partial charge < -0.3 is 14.5 Å². The quantitative estimate of drug-likeness (QED) is 0.533. The van der Waals surface area contributed by atoms with Crippen molar-refractivity contribution in [1.82, 2.24) is 14.9 Å². The van der Waals surface area contributed by atoms with Gasteiger partial charge >= 0.3 is 6.09 Å². The number of amides is 1. The summed E-state index contributed by atoms with van der Waals surface area (Å²) in [6, 6.07) is 4.11. The van der Waals surface area contributed by atoms with Crippen LogP contribution in [0.5, 0.6) is 0 Å². The lowest BCUT2D eigenvalue weighted by atomic mass is 10.2. The number of carbonyl (C=O) groups excluding carboxylic acids is 1. The topological polar surface area (TPSA) is 58.6 Å². The molecule has 2 heterocycles. The van der Waals surface area contributed by atoms with E-state index in [0.717, 1.165) is 37.9 Å². The molecule has 0 atom stereocenters. The van der Waals surface area contributed by atoms with Crippen LogP contribution in [-0.2, 0) is 4.74 Å². The molecule has 0 bridgehead atoms. The van der Waals surface area contributed by atoms with Crippen molar-refractivity contribution >= 4 is 61.3 Å². The molecule has 1 aromatic carbocycles. The molecule has 0 N–H and O–H groups in total. The zero-order valence-electron chi connectivity index (χ0n) is 14.4. The number of hydrogen-bond donors (Lipinski definition) is 0. The average molecular weight is 519 g/mol. The van der Waals surface area contributed by atoms with Crippen molar-refractivity contribution < 1.29 is 9.53 Å². The standard InChI is InChI=1S/C17H20BrIN4O2/c1-17(2,3)25-16(24)23-6-4-22(5-7-23)15-11-8-13(19)12(18)9-14(11)20-10-21-15/h8-10H,4-7H2,1-3H3. The summed E-state index contributed by atoms with van der Waals surface area (Å²) in [6.45, 7) is 8.33. The molecule has 1 aliphatic rings. The third kappa shape index (κ3) is 4.33. The van der Waals surface area contributed by atoms with E-state index < -0.39 is 5.60 Å². The van der Waals surface area contributed by atoms with Gasteiger partial charge in [0.25, 0.3) is 0 Å². The van der Waals surface area contributed by atoms with E-state index in [2.05, 4.69) is 59.5 Å². The minimum Gasteiger partial charge on any atom is -0.444 e. The van der Waals surface area contributed by atoms with Gasteiger partial charge in [-0.15, -0.1) is 0 Å². The third-order valence-electron chi connectivity index (χ3n) is 3.89. The first-order chi connectivity index (χ1) is 11.7. The van der Waals surface area contributed by atoms with Crippen molar-refractivity contribution in [3.63, 3.8) is 0 Å². The van der Waals surface area contributed by atoms with Gasteiger partial charge in [0.1, 0.15) is 17.7 Å². The Balaban J connectivity index is 1.76. The van der Waals surface area contributed by atoms with Crippen molar-refractivity contribution in [2.45, 2.75) is 26.4 Å². The molecule has 0 saturated carbocycles. The first-order valence-electron chi connectivity index (χ1n) is 8.07. The Hall–Kier alpha value is -1.16. The lowest BCUT2D eigenvalue weighted by Gasteiger charge is -2.36. The Bertz CT molecular complexity index is 801. The number of carbonyl (C=O) groups is 1. The number of hydrogen-bond acceptors (Lipinski definition) is 5. The molecule has 0 unspecified atom stereocenters. The second kappa shape index (κ2) is 7.22. The molecule has 134 valence electrons. The van der Waals surface area contributed by atoms with Crippen molar-refractivity contribution in [3.8, 4) is 0 Å². The fraction of sp³-hybridized carbons (Fsp3) is 0.471. The summed E-state index contributed by atoms with van der Waals surface area (Å²) >= 11 is 5.84. The maximum atomic E-state index is 12.2. The fourth-order valence-corrected chi connectivity index (χ4v) is 3.52. The van der Waals surface area contributed by atoms with Crippen LogP contribution in [0.1, 0.15) is 20.8 Å². The van der Waals surface area contributed by atoms with Gasteiger partial charge in [0, 0.05) is 39.6 Å². The van der Waals surface area contributed by atoms with E-state index in [1.54, 1.807) is 11.2 Å². The SMILES string of the molecule is CC(C)(C)OC(=O)N1CCN(c2ncnc3cc(Br)c(I)cc23)CC1. The summed E-state index contributed by atoms with van der Waals surface area (Å²) in [6.07, 6.45) is 1.34. The van der Waals surface area contributed by atoms with E-state index in [4.69, 9.17) is 4.74 Å². The highest BCUT2D eigenvalue weighted by Gasteiger charge is 2.27. The zero-order chi connectivity index (χ0) is 18.2. The molecule has 2 aromatic rings. The number of ether oxygens (including phenoxy) is 1. The average Bonchev–Trinajstić information content (AvgIpc) is 2.54. The van der Waals surface area contributed by atoms with Gasteiger partial charge in [-0.1, -0.05) is 0 Å². The summed E-state index contributed by atoms with van der Waals surface area (Å²) in [5.74, 6) is 0.916. The molecule has 0 aliphatic carbocycles. The summed E-state index contributed by atoms with van der Waals surface area (Å²) < 4.78 is 7.60. The normalized spacial score (nSPS) is 15.6. The molecule has 1 aromatic heterocycles. The van der Waals surface area contributed by atoms with E-state index in [0.29, 0.717) is 13.1 Å². The third-order valence-corrected chi connectivity index (χ3v) is 6.18. The van der Waals surface area contributed by atoms with Gasteiger partial charge in [0.2, 0.25) is 0 Å². The van der Waals surface area contributed by atoms with Crippen LogP contribution < -0.4 is 4.90 Å². The Morgan fingerprint density at radius 2 is 1.88 bits per heavy atom. The predicted molar refractivity (Wildman–Crippen MR) is 110 cm³/mol. The second-order valence-corrected chi connectivity index (χ2v) is 8.95. The van der Waals surface area contributed by atoms with E-state index >= 15 is 0 Å². The molecular weight excluding hydrogens is 499 g/mol. The van der Waals surface area contributed by atoms with Crippen molar-refractivity contribution in [2.75, 3.05) is 31.1 Å². The van der Waals surface area contributed by atoms with Crippen LogP contribution in [0.4, 0.5) is 10.6 Å². The summed E-state index contributed by atoms with van der Waals surface area (Å²) in [4.78, 5) is 25.0. The van der Waals surface area contributed by atoms with E-state index in [1.165, 1.54) is 0 Å². The van der Waals surface area contributed by atoms with E-state index in [1.807, 2.05) is 26.8 Å². The largest absolute Gasteiger partial charge is 0.444 e. The van der Waals surface area contributed by atoms with Crippen molar-refractivity contribution in [3.05, 3.63) is 26.5 Å². The van der Waals surface area contributed by atoms with Crippen LogP contribution >= 0.6 is 38.5 Å². The molecule has 0 radical (unpaired) electrons. The maximum absolute atomic E-state index is 12.2. The molecule has 1 saturated heterocycles. The Morgan fingerprint density at radius 3 is 2.52 bits per heavy atom. The molecule has 1 fully saturated rings. The van der Waals surface area contributed by atoms with Gasteiger partial charge in [-0.3, -0.25) is 0 Å². The number of benzene rings is 1. The highest BCUT2D eigenvalue weighted by molar-refractivity contribution is 14.1. The number of halogens is 2.